The number of hydrogen-bond donors (Lipinski definition) is 1. The van der Waals surface area contributed by atoms with Crippen LogP contribution in [0.15, 0.2) is 18.2 Å². The van der Waals surface area contributed by atoms with Gasteiger partial charge in [0.05, 0.1) is 9.95 Å². The standard InChI is InChI=1S/C13H13ClN4O3/c1-7-4-5-10(9(14)6-7)21-12-11(18(19)20)8(2)16-13(15-3)17-12/h4-6H,1-3H3,(H,15,16,17). The third kappa shape index (κ3) is 3.19. The second kappa shape index (κ2) is 5.92. The topological polar surface area (TPSA) is 90.2 Å². The van der Waals surface area contributed by atoms with Gasteiger partial charge in [0.2, 0.25) is 5.95 Å². The number of nitrogens with one attached hydrogen (secondary N) is 1. The summed E-state index contributed by atoms with van der Waals surface area (Å²) in [7, 11) is 1.61. The molecule has 0 radical (unpaired) electrons. The van der Waals surface area contributed by atoms with Crippen LogP contribution in [0.1, 0.15) is 11.3 Å². The minimum atomic E-state index is -0.577. The van der Waals surface area contributed by atoms with Gasteiger partial charge >= 0.3 is 11.6 Å². The molecule has 1 N–H and O–H groups in total. The number of hydrogen-bond acceptors (Lipinski definition) is 6. The van der Waals surface area contributed by atoms with E-state index in [0.29, 0.717) is 10.8 Å². The summed E-state index contributed by atoms with van der Waals surface area (Å²) in [6, 6.07) is 5.13. The summed E-state index contributed by atoms with van der Waals surface area (Å²) in [5, 5.41) is 14.2. The van der Waals surface area contributed by atoms with Gasteiger partial charge in [0.15, 0.2) is 0 Å². The zero-order valence-corrected chi connectivity index (χ0v) is 12.4. The summed E-state index contributed by atoms with van der Waals surface area (Å²) in [5.41, 5.74) is 0.875. The molecule has 1 aromatic carbocycles. The van der Waals surface area contributed by atoms with Crippen molar-refractivity contribution < 1.29 is 9.66 Å². The van der Waals surface area contributed by atoms with Crippen molar-refractivity contribution in [3.8, 4) is 11.6 Å². The molecule has 0 aliphatic heterocycles. The molecular weight excluding hydrogens is 296 g/mol. The number of halogens is 1. The zero-order chi connectivity index (χ0) is 15.6. The quantitative estimate of drug-likeness (QED) is 0.687. The van der Waals surface area contributed by atoms with Crippen LogP contribution in [0.4, 0.5) is 11.6 Å². The van der Waals surface area contributed by atoms with E-state index < -0.39 is 4.92 Å². The molecule has 0 bridgehead atoms. The van der Waals surface area contributed by atoms with E-state index in [1.54, 1.807) is 25.2 Å². The van der Waals surface area contributed by atoms with Crippen LogP contribution in [0.5, 0.6) is 11.6 Å². The molecule has 0 saturated heterocycles. The number of aromatic nitrogens is 2. The lowest BCUT2D eigenvalue weighted by Gasteiger charge is -2.10. The fourth-order valence-corrected chi connectivity index (χ4v) is 2.00. The minimum Gasteiger partial charge on any atom is -0.432 e. The van der Waals surface area contributed by atoms with E-state index >= 15 is 0 Å². The Morgan fingerprint density at radius 1 is 1.33 bits per heavy atom. The molecule has 0 atom stereocenters. The van der Waals surface area contributed by atoms with Crippen LogP contribution in [0.2, 0.25) is 5.02 Å². The average molecular weight is 309 g/mol. The van der Waals surface area contributed by atoms with Gasteiger partial charge in [0.25, 0.3) is 0 Å². The molecule has 1 heterocycles. The normalized spacial score (nSPS) is 10.3. The number of ether oxygens (including phenoxy) is 1. The summed E-state index contributed by atoms with van der Waals surface area (Å²) in [6.07, 6.45) is 0. The van der Waals surface area contributed by atoms with E-state index in [2.05, 4.69) is 15.3 Å². The number of rotatable bonds is 4. The van der Waals surface area contributed by atoms with Gasteiger partial charge in [0, 0.05) is 7.05 Å². The summed E-state index contributed by atoms with van der Waals surface area (Å²) in [6.45, 7) is 3.40. The van der Waals surface area contributed by atoms with Gasteiger partial charge in [-0.25, -0.2) is 4.98 Å². The molecule has 21 heavy (non-hydrogen) atoms. The molecule has 0 spiro atoms. The first-order chi connectivity index (χ1) is 9.92. The summed E-state index contributed by atoms with van der Waals surface area (Å²) >= 11 is 6.07. The van der Waals surface area contributed by atoms with Crippen LogP contribution in [0, 0.1) is 24.0 Å². The highest BCUT2D eigenvalue weighted by molar-refractivity contribution is 6.32. The molecule has 2 aromatic rings. The molecule has 8 heteroatoms. The van der Waals surface area contributed by atoms with E-state index in [-0.39, 0.29) is 23.2 Å². The SMILES string of the molecule is CNc1nc(C)c([N+](=O)[O-])c(Oc2ccc(C)cc2Cl)n1. The maximum absolute atomic E-state index is 11.2. The van der Waals surface area contributed by atoms with E-state index in [0.717, 1.165) is 5.56 Å². The second-order valence-corrected chi connectivity index (χ2v) is 4.74. The highest BCUT2D eigenvalue weighted by Crippen LogP contribution is 2.35. The fourth-order valence-electron chi connectivity index (χ4n) is 1.73. The van der Waals surface area contributed by atoms with Crippen molar-refractivity contribution in [1.82, 2.24) is 9.97 Å². The molecule has 7 nitrogen and oxygen atoms in total. The third-order valence-corrected chi connectivity index (χ3v) is 3.02. The maximum Gasteiger partial charge on any atom is 0.352 e. The zero-order valence-electron chi connectivity index (χ0n) is 11.7. The third-order valence-electron chi connectivity index (χ3n) is 2.73. The second-order valence-electron chi connectivity index (χ2n) is 4.33. The molecule has 0 aliphatic carbocycles. The Kier molecular flexibility index (Phi) is 4.23. The lowest BCUT2D eigenvalue weighted by atomic mass is 10.2. The number of nitrogens with zero attached hydrogens (tertiary/aromatic N) is 3. The van der Waals surface area contributed by atoms with Crippen LogP contribution in [0.25, 0.3) is 0 Å². The van der Waals surface area contributed by atoms with Crippen molar-refractivity contribution in [2.45, 2.75) is 13.8 Å². The molecule has 0 fully saturated rings. The predicted octanol–water partition coefficient (Wildman–Crippen LogP) is 3.49. The Hall–Kier alpha value is -2.41. The highest BCUT2D eigenvalue weighted by Gasteiger charge is 2.24. The monoisotopic (exact) mass is 308 g/mol. The molecule has 0 saturated carbocycles. The van der Waals surface area contributed by atoms with Gasteiger partial charge in [-0.15, -0.1) is 0 Å². The van der Waals surface area contributed by atoms with E-state index in [4.69, 9.17) is 16.3 Å². The number of nitro groups is 1. The summed E-state index contributed by atoms with van der Waals surface area (Å²) in [5.74, 6) is 0.379. The Bertz CT molecular complexity index is 706. The molecular formula is C13H13ClN4O3. The minimum absolute atomic E-state index is 0.150. The lowest BCUT2D eigenvalue weighted by molar-refractivity contribution is -0.386. The van der Waals surface area contributed by atoms with Crippen LogP contribution >= 0.6 is 11.6 Å². The molecule has 110 valence electrons. The van der Waals surface area contributed by atoms with Crippen LogP contribution in [-0.4, -0.2) is 21.9 Å². The van der Waals surface area contributed by atoms with E-state index in [1.165, 1.54) is 6.92 Å². The molecule has 0 unspecified atom stereocenters. The van der Waals surface area contributed by atoms with Gasteiger partial charge in [-0.1, -0.05) is 17.7 Å². The summed E-state index contributed by atoms with van der Waals surface area (Å²) < 4.78 is 5.52. The van der Waals surface area contributed by atoms with E-state index in [9.17, 15) is 10.1 Å². The Labute approximate surface area is 126 Å². The Morgan fingerprint density at radius 3 is 2.62 bits per heavy atom. The molecule has 2 rings (SSSR count). The summed E-state index contributed by atoms with van der Waals surface area (Å²) in [4.78, 5) is 18.5. The van der Waals surface area contributed by atoms with Crippen molar-refractivity contribution >= 4 is 23.2 Å². The van der Waals surface area contributed by atoms with Crippen LogP contribution < -0.4 is 10.1 Å². The number of benzene rings is 1. The highest BCUT2D eigenvalue weighted by atomic mass is 35.5. The van der Waals surface area contributed by atoms with Crippen molar-refractivity contribution in [3.63, 3.8) is 0 Å². The van der Waals surface area contributed by atoms with Crippen molar-refractivity contribution in [1.29, 1.82) is 0 Å². The van der Waals surface area contributed by atoms with Gasteiger partial charge in [-0.2, -0.15) is 4.98 Å². The molecule has 1 aromatic heterocycles. The average Bonchev–Trinajstić information content (AvgIpc) is 2.40. The van der Waals surface area contributed by atoms with Crippen LogP contribution in [-0.2, 0) is 0 Å². The number of aryl methyl sites for hydroxylation is 2. The first-order valence-electron chi connectivity index (χ1n) is 6.07. The van der Waals surface area contributed by atoms with Gasteiger partial charge in [0.1, 0.15) is 11.4 Å². The van der Waals surface area contributed by atoms with Crippen LogP contribution in [0.3, 0.4) is 0 Å². The molecule has 0 amide bonds. The van der Waals surface area contributed by atoms with Gasteiger partial charge in [-0.05, 0) is 31.5 Å². The van der Waals surface area contributed by atoms with E-state index in [1.807, 2.05) is 6.92 Å². The van der Waals surface area contributed by atoms with Crippen molar-refractivity contribution in [2.75, 3.05) is 12.4 Å². The maximum atomic E-state index is 11.2. The smallest absolute Gasteiger partial charge is 0.352 e. The fraction of sp³-hybridized carbons (Fsp3) is 0.231. The molecule has 0 aliphatic rings. The number of anilines is 1. The Morgan fingerprint density at radius 2 is 2.05 bits per heavy atom. The lowest BCUT2D eigenvalue weighted by Crippen LogP contribution is -2.05. The first kappa shape index (κ1) is 15.0. The predicted molar refractivity (Wildman–Crippen MR) is 79.2 cm³/mol. The van der Waals surface area contributed by atoms with Gasteiger partial charge < -0.3 is 10.1 Å². The first-order valence-corrected chi connectivity index (χ1v) is 6.45. The van der Waals surface area contributed by atoms with Crippen molar-refractivity contribution in [3.05, 3.63) is 44.6 Å². The van der Waals surface area contributed by atoms with Crippen molar-refractivity contribution in [2.24, 2.45) is 0 Å². The van der Waals surface area contributed by atoms with Gasteiger partial charge in [-0.3, -0.25) is 10.1 Å². The largest absolute Gasteiger partial charge is 0.432 e. The Balaban J connectivity index is 2.51.